The van der Waals surface area contributed by atoms with E-state index in [0.29, 0.717) is 6.04 Å². The van der Waals surface area contributed by atoms with Crippen LogP contribution >= 0.6 is 0 Å². The van der Waals surface area contributed by atoms with Gasteiger partial charge in [0.2, 0.25) is 0 Å². The van der Waals surface area contributed by atoms with Gasteiger partial charge in [0.1, 0.15) is 5.82 Å². The first-order valence-electron chi connectivity index (χ1n) is 8.40. The molecule has 1 aromatic rings. The minimum absolute atomic E-state index is 0.126. The molecule has 3 unspecified atom stereocenters. The Morgan fingerprint density at radius 2 is 1.90 bits per heavy atom. The van der Waals surface area contributed by atoms with E-state index in [0.717, 1.165) is 23.6 Å². The van der Waals surface area contributed by atoms with E-state index < -0.39 is 0 Å². The highest BCUT2D eigenvalue weighted by atomic mass is 19.1. The predicted molar refractivity (Wildman–Crippen MR) is 86.1 cm³/mol. The monoisotopic (exact) mass is 290 g/mol. The molecule has 1 saturated heterocycles. The molecule has 116 valence electrons. The van der Waals surface area contributed by atoms with E-state index in [1.165, 1.54) is 44.2 Å². The number of rotatable bonds is 2. The number of benzene rings is 1. The van der Waals surface area contributed by atoms with Crippen molar-refractivity contribution in [3.05, 3.63) is 29.1 Å². The quantitative estimate of drug-likeness (QED) is 0.879. The van der Waals surface area contributed by atoms with Crippen molar-refractivity contribution in [2.45, 2.75) is 64.5 Å². The predicted octanol–water partition coefficient (Wildman–Crippen LogP) is 4.31. The lowest BCUT2D eigenvalue weighted by molar-refractivity contribution is 0.243. The van der Waals surface area contributed by atoms with Crippen molar-refractivity contribution in [1.29, 1.82) is 0 Å². The molecular weight excluding hydrogens is 263 g/mol. The number of nitrogens with two attached hydrogens (primary N) is 1. The first-order chi connectivity index (χ1) is 10.1. The Labute approximate surface area is 127 Å². The summed E-state index contributed by atoms with van der Waals surface area (Å²) in [5.74, 6) is 0.682. The van der Waals surface area contributed by atoms with Crippen molar-refractivity contribution in [2.24, 2.45) is 11.7 Å². The Bertz CT molecular complexity index is 510. The summed E-state index contributed by atoms with van der Waals surface area (Å²) in [6, 6.07) is 4.18. The van der Waals surface area contributed by atoms with Crippen LogP contribution in [0.15, 0.2) is 12.1 Å². The minimum Gasteiger partial charge on any atom is -0.368 e. The van der Waals surface area contributed by atoms with Crippen LogP contribution in [-0.2, 0) is 0 Å². The summed E-state index contributed by atoms with van der Waals surface area (Å²) in [6.07, 6.45) is 7.93. The van der Waals surface area contributed by atoms with Crippen molar-refractivity contribution >= 4 is 5.69 Å². The zero-order valence-corrected chi connectivity index (χ0v) is 13.2. The van der Waals surface area contributed by atoms with E-state index in [2.05, 4.69) is 4.90 Å². The molecule has 0 bridgehead atoms. The lowest BCUT2D eigenvalue weighted by Crippen LogP contribution is -2.47. The van der Waals surface area contributed by atoms with Crippen LogP contribution in [0.5, 0.6) is 0 Å². The van der Waals surface area contributed by atoms with Crippen LogP contribution < -0.4 is 10.6 Å². The smallest absolute Gasteiger partial charge is 0.126 e. The van der Waals surface area contributed by atoms with Crippen LogP contribution in [0.3, 0.4) is 0 Å². The summed E-state index contributed by atoms with van der Waals surface area (Å²) in [5.41, 5.74) is 8.99. The maximum atomic E-state index is 13.9. The second-order valence-corrected chi connectivity index (χ2v) is 6.90. The molecule has 3 rings (SSSR count). The van der Waals surface area contributed by atoms with Crippen LogP contribution in [0.4, 0.5) is 10.1 Å². The van der Waals surface area contributed by atoms with E-state index in [1.54, 1.807) is 6.07 Å². The summed E-state index contributed by atoms with van der Waals surface area (Å²) in [7, 11) is 0. The molecular formula is C18H27FN2. The number of piperidine rings is 1. The highest BCUT2D eigenvalue weighted by Crippen LogP contribution is 2.40. The van der Waals surface area contributed by atoms with Crippen LogP contribution in [0.2, 0.25) is 0 Å². The highest BCUT2D eigenvalue weighted by molar-refractivity contribution is 5.58. The standard InChI is InChI=1S/C18H27FN2/c1-12-10-18(15(13(2)20)11-16(12)19)21-9-5-7-14-6-3-4-8-17(14)21/h10-11,13-14,17H,3-9,20H2,1-2H3. The number of anilines is 1. The van der Waals surface area contributed by atoms with Gasteiger partial charge in [-0.05, 0) is 68.7 Å². The second kappa shape index (κ2) is 5.96. The number of hydrogen-bond donors (Lipinski definition) is 1. The first-order valence-corrected chi connectivity index (χ1v) is 8.40. The van der Waals surface area contributed by atoms with E-state index in [1.807, 2.05) is 19.9 Å². The molecule has 1 aromatic carbocycles. The Morgan fingerprint density at radius 1 is 1.19 bits per heavy atom. The third kappa shape index (κ3) is 2.80. The molecule has 1 aliphatic heterocycles. The maximum absolute atomic E-state index is 13.9. The van der Waals surface area contributed by atoms with Gasteiger partial charge in [0.15, 0.2) is 0 Å². The van der Waals surface area contributed by atoms with Gasteiger partial charge in [-0.15, -0.1) is 0 Å². The number of halogens is 1. The van der Waals surface area contributed by atoms with Gasteiger partial charge in [-0.3, -0.25) is 0 Å². The van der Waals surface area contributed by atoms with Gasteiger partial charge in [0.25, 0.3) is 0 Å². The SMILES string of the molecule is Cc1cc(N2CCCC3CCCCC32)c(C(C)N)cc1F. The highest BCUT2D eigenvalue weighted by Gasteiger charge is 2.34. The normalized spacial score (nSPS) is 27.3. The Balaban J connectivity index is 1.99. The average Bonchev–Trinajstić information content (AvgIpc) is 2.49. The summed E-state index contributed by atoms with van der Waals surface area (Å²) < 4.78 is 13.9. The zero-order valence-electron chi connectivity index (χ0n) is 13.2. The maximum Gasteiger partial charge on any atom is 0.126 e. The Morgan fingerprint density at radius 3 is 2.67 bits per heavy atom. The molecule has 1 saturated carbocycles. The van der Waals surface area contributed by atoms with Crippen molar-refractivity contribution in [3.8, 4) is 0 Å². The van der Waals surface area contributed by atoms with E-state index >= 15 is 0 Å². The Kier molecular flexibility index (Phi) is 4.21. The number of fused-ring (bicyclic) bond motifs is 1. The molecule has 2 nitrogen and oxygen atoms in total. The fraction of sp³-hybridized carbons (Fsp3) is 0.667. The third-order valence-corrected chi connectivity index (χ3v) is 5.35. The van der Waals surface area contributed by atoms with Crippen LogP contribution in [-0.4, -0.2) is 12.6 Å². The molecule has 0 aromatic heterocycles. The topological polar surface area (TPSA) is 29.3 Å². The molecule has 0 amide bonds. The van der Waals surface area contributed by atoms with Crippen molar-refractivity contribution in [3.63, 3.8) is 0 Å². The average molecular weight is 290 g/mol. The van der Waals surface area contributed by atoms with E-state index in [4.69, 9.17) is 5.73 Å². The number of hydrogen-bond acceptors (Lipinski definition) is 2. The molecule has 2 aliphatic rings. The van der Waals surface area contributed by atoms with Gasteiger partial charge in [-0.2, -0.15) is 0 Å². The lowest BCUT2D eigenvalue weighted by atomic mass is 9.78. The molecule has 21 heavy (non-hydrogen) atoms. The molecule has 3 atom stereocenters. The van der Waals surface area contributed by atoms with Crippen molar-refractivity contribution in [2.75, 3.05) is 11.4 Å². The second-order valence-electron chi connectivity index (χ2n) is 6.90. The van der Waals surface area contributed by atoms with Crippen molar-refractivity contribution < 1.29 is 4.39 Å². The summed E-state index contributed by atoms with van der Waals surface area (Å²) in [6.45, 7) is 4.90. The fourth-order valence-corrected chi connectivity index (χ4v) is 4.22. The lowest BCUT2D eigenvalue weighted by Gasteiger charge is -2.46. The molecule has 0 radical (unpaired) electrons. The van der Waals surface area contributed by atoms with E-state index in [9.17, 15) is 4.39 Å². The molecule has 1 heterocycles. The summed E-state index contributed by atoms with van der Waals surface area (Å²) in [4.78, 5) is 2.54. The van der Waals surface area contributed by atoms with Gasteiger partial charge < -0.3 is 10.6 Å². The minimum atomic E-state index is -0.136. The Hall–Kier alpha value is -1.09. The zero-order chi connectivity index (χ0) is 15.0. The molecule has 1 aliphatic carbocycles. The van der Waals surface area contributed by atoms with Gasteiger partial charge in [-0.25, -0.2) is 4.39 Å². The summed E-state index contributed by atoms with van der Waals surface area (Å²) >= 11 is 0. The number of nitrogens with zero attached hydrogens (tertiary/aromatic N) is 1. The molecule has 2 fully saturated rings. The van der Waals surface area contributed by atoms with Gasteiger partial charge >= 0.3 is 0 Å². The van der Waals surface area contributed by atoms with Gasteiger partial charge in [0, 0.05) is 24.3 Å². The van der Waals surface area contributed by atoms with E-state index in [-0.39, 0.29) is 11.9 Å². The number of aryl methyl sites for hydroxylation is 1. The van der Waals surface area contributed by atoms with Gasteiger partial charge in [0.05, 0.1) is 0 Å². The van der Waals surface area contributed by atoms with Crippen molar-refractivity contribution in [1.82, 2.24) is 0 Å². The van der Waals surface area contributed by atoms with Crippen LogP contribution in [0, 0.1) is 18.7 Å². The third-order valence-electron chi connectivity index (χ3n) is 5.35. The largest absolute Gasteiger partial charge is 0.368 e. The summed E-state index contributed by atoms with van der Waals surface area (Å²) in [5, 5.41) is 0. The molecule has 3 heteroatoms. The van der Waals surface area contributed by atoms with Crippen LogP contribution in [0.25, 0.3) is 0 Å². The fourth-order valence-electron chi connectivity index (χ4n) is 4.22. The molecule has 0 spiro atoms. The first kappa shape index (κ1) is 14.8. The van der Waals surface area contributed by atoms with Gasteiger partial charge in [-0.1, -0.05) is 12.8 Å². The molecule has 2 N–H and O–H groups in total. The van der Waals surface area contributed by atoms with Crippen LogP contribution in [0.1, 0.15) is 62.6 Å².